The van der Waals surface area contributed by atoms with Crippen molar-refractivity contribution in [3.8, 4) is 5.75 Å². The van der Waals surface area contributed by atoms with Crippen LogP contribution in [0.5, 0.6) is 5.75 Å². The summed E-state index contributed by atoms with van der Waals surface area (Å²) < 4.78 is 5.87. The summed E-state index contributed by atoms with van der Waals surface area (Å²) in [6.45, 7) is 2.93. The maximum absolute atomic E-state index is 6.35. The molecule has 1 fully saturated rings. The highest BCUT2D eigenvalue weighted by Gasteiger charge is 2.24. The highest BCUT2D eigenvalue weighted by atomic mass is 16.5. The predicted octanol–water partition coefficient (Wildman–Crippen LogP) is 3.85. The molecule has 0 heterocycles. The summed E-state index contributed by atoms with van der Waals surface area (Å²) in [6.07, 6.45) is 7.28. The molecule has 2 unspecified atom stereocenters. The lowest BCUT2D eigenvalue weighted by atomic mass is 9.87. The first-order valence-corrected chi connectivity index (χ1v) is 7.30. The van der Waals surface area contributed by atoms with Crippen LogP contribution < -0.4 is 10.5 Å². The van der Waals surface area contributed by atoms with Gasteiger partial charge in [0.15, 0.2) is 0 Å². The molecular weight excluding hydrogens is 222 g/mol. The van der Waals surface area contributed by atoms with E-state index in [0.717, 1.165) is 25.2 Å². The molecule has 1 aromatic carbocycles. The SMILES string of the molecule is CCCOc1ccccc1C1CCCCCC1N. The molecule has 1 saturated carbocycles. The van der Waals surface area contributed by atoms with Crippen LogP contribution in [0.2, 0.25) is 0 Å². The van der Waals surface area contributed by atoms with Gasteiger partial charge in [0, 0.05) is 12.0 Å². The van der Waals surface area contributed by atoms with Gasteiger partial charge in [0.25, 0.3) is 0 Å². The van der Waals surface area contributed by atoms with Gasteiger partial charge in [-0.15, -0.1) is 0 Å². The summed E-state index contributed by atoms with van der Waals surface area (Å²) in [4.78, 5) is 0. The number of nitrogens with two attached hydrogens (primary N) is 1. The van der Waals surface area contributed by atoms with E-state index in [2.05, 4.69) is 31.2 Å². The third-order valence-electron chi connectivity index (χ3n) is 3.85. The van der Waals surface area contributed by atoms with E-state index in [1.165, 1.54) is 31.2 Å². The molecule has 0 aliphatic heterocycles. The molecule has 2 N–H and O–H groups in total. The molecule has 1 aliphatic carbocycles. The van der Waals surface area contributed by atoms with E-state index in [1.807, 2.05) is 0 Å². The molecule has 100 valence electrons. The van der Waals surface area contributed by atoms with Crippen LogP contribution in [0.1, 0.15) is 56.9 Å². The van der Waals surface area contributed by atoms with Gasteiger partial charge in [-0.05, 0) is 30.9 Å². The zero-order valence-corrected chi connectivity index (χ0v) is 11.4. The van der Waals surface area contributed by atoms with Crippen molar-refractivity contribution in [2.75, 3.05) is 6.61 Å². The van der Waals surface area contributed by atoms with Crippen LogP contribution in [-0.2, 0) is 0 Å². The zero-order chi connectivity index (χ0) is 12.8. The standard InChI is InChI=1S/C16H25NO/c1-2-12-18-16-11-7-6-9-14(16)13-8-4-3-5-10-15(13)17/h6-7,9,11,13,15H,2-5,8,10,12,17H2,1H3. The number of para-hydroxylation sites is 1. The van der Waals surface area contributed by atoms with E-state index in [9.17, 15) is 0 Å². The summed E-state index contributed by atoms with van der Waals surface area (Å²) in [5.41, 5.74) is 7.67. The summed E-state index contributed by atoms with van der Waals surface area (Å²) in [5, 5.41) is 0. The Morgan fingerprint density at radius 2 is 1.94 bits per heavy atom. The van der Waals surface area contributed by atoms with Crippen molar-refractivity contribution in [2.24, 2.45) is 5.73 Å². The summed E-state index contributed by atoms with van der Waals surface area (Å²) in [6, 6.07) is 8.73. The predicted molar refractivity (Wildman–Crippen MR) is 76.0 cm³/mol. The molecule has 0 aromatic heterocycles. The van der Waals surface area contributed by atoms with Crippen LogP contribution in [0.15, 0.2) is 24.3 Å². The molecule has 1 aromatic rings. The van der Waals surface area contributed by atoms with E-state index in [-0.39, 0.29) is 0 Å². The molecular formula is C16H25NO. The highest BCUT2D eigenvalue weighted by Crippen LogP contribution is 2.35. The summed E-state index contributed by atoms with van der Waals surface area (Å²) >= 11 is 0. The molecule has 2 rings (SSSR count). The van der Waals surface area contributed by atoms with E-state index in [4.69, 9.17) is 10.5 Å². The first-order chi connectivity index (χ1) is 8.83. The first-order valence-electron chi connectivity index (χ1n) is 7.30. The minimum Gasteiger partial charge on any atom is -0.493 e. The number of rotatable bonds is 4. The van der Waals surface area contributed by atoms with Crippen LogP contribution in [-0.4, -0.2) is 12.6 Å². The lowest BCUT2D eigenvalue weighted by molar-refractivity contribution is 0.309. The van der Waals surface area contributed by atoms with Crippen molar-refractivity contribution in [1.29, 1.82) is 0 Å². The monoisotopic (exact) mass is 247 g/mol. The summed E-state index contributed by atoms with van der Waals surface area (Å²) in [5.74, 6) is 1.52. The fraction of sp³-hybridized carbons (Fsp3) is 0.625. The average Bonchev–Trinajstić information content (AvgIpc) is 2.61. The van der Waals surface area contributed by atoms with Crippen molar-refractivity contribution in [2.45, 2.75) is 57.4 Å². The smallest absolute Gasteiger partial charge is 0.122 e. The Bertz CT molecular complexity index is 364. The number of ether oxygens (including phenoxy) is 1. The Kier molecular flexibility index (Phi) is 5.06. The average molecular weight is 247 g/mol. The van der Waals surface area contributed by atoms with Gasteiger partial charge in [0.1, 0.15) is 5.75 Å². The third kappa shape index (κ3) is 3.26. The molecule has 0 bridgehead atoms. The molecule has 2 atom stereocenters. The van der Waals surface area contributed by atoms with Crippen molar-refractivity contribution in [3.63, 3.8) is 0 Å². The molecule has 0 saturated heterocycles. The van der Waals surface area contributed by atoms with Crippen LogP contribution in [0.25, 0.3) is 0 Å². The van der Waals surface area contributed by atoms with Crippen LogP contribution in [0, 0.1) is 0 Å². The van der Waals surface area contributed by atoms with Gasteiger partial charge in [-0.1, -0.05) is 44.4 Å². The molecule has 0 radical (unpaired) electrons. The Balaban J connectivity index is 2.19. The maximum Gasteiger partial charge on any atom is 0.122 e. The second-order valence-electron chi connectivity index (χ2n) is 5.29. The molecule has 18 heavy (non-hydrogen) atoms. The van der Waals surface area contributed by atoms with Crippen molar-refractivity contribution in [1.82, 2.24) is 0 Å². The quantitative estimate of drug-likeness (QED) is 0.820. The minimum atomic E-state index is 0.291. The maximum atomic E-state index is 6.35. The second-order valence-corrected chi connectivity index (χ2v) is 5.29. The van der Waals surface area contributed by atoms with E-state index in [0.29, 0.717) is 12.0 Å². The lowest BCUT2D eigenvalue weighted by Crippen LogP contribution is -2.27. The molecule has 0 spiro atoms. The minimum absolute atomic E-state index is 0.291. The number of benzene rings is 1. The fourth-order valence-corrected chi connectivity index (χ4v) is 2.85. The van der Waals surface area contributed by atoms with E-state index < -0.39 is 0 Å². The van der Waals surface area contributed by atoms with Crippen molar-refractivity contribution < 1.29 is 4.74 Å². The molecule has 0 amide bonds. The lowest BCUT2D eigenvalue weighted by Gasteiger charge is -2.24. The molecule has 2 heteroatoms. The van der Waals surface area contributed by atoms with Gasteiger partial charge in [0.05, 0.1) is 6.61 Å². The zero-order valence-electron chi connectivity index (χ0n) is 11.4. The van der Waals surface area contributed by atoms with Crippen LogP contribution >= 0.6 is 0 Å². The molecule has 1 aliphatic rings. The van der Waals surface area contributed by atoms with Crippen molar-refractivity contribution >= 4 is 0 Å². The normalized spacial score (nSPS) is 24.6. The summed E-state index contributed by atoms with van der Waals surface area (Å²) in [7, 11) is 0. The van der Waals surface area contributed by atoms with Gasteiger partial charge < -0.3 is 10.5 Å². The first kappa shape index (κ1) is 13.4. The number of hydrogen-bond acceptors (Lipinski definition) is 2. The van der Waals surface area contributed by atoms with Gasteiger partial charge in [-0.3, -0.25) is 0 Å². The Morgan fingerprint density at radius 3 is 2.78 bits per heavy atom. The van der Waals surface area contributed by atoms with E-state index >= 15 is 0 Å². The third-order valence-corrected chi connectivity index (χ3v) is 3.85. The van der Waals surface area contributed by atoms with Gasteiger partial charge >= 0.3 is 0 Å². The topological polar surface area (TPSA) is 35.2 Å². The highest BCUT2D eigenvalue weighted by molar-refractivity contribution is 5.37. The van der Waals surface area contributed by atoms with Crippen LogP contribution in [0.3, 0.4) is 0 Å². The van der Waals surface area contributed by atoms with Gasteiger partial charge in [-0.2, -0.15) is 0 Å². The van der Waals surface area contributed by atoms with Gasteiger partial charge in [-0.25, -0.2) is 0 Å². The Morgan fingerprint density at radius 1 is 1.17 bits per heavy atom. The largest absolute Gasteiger partial charge is 0.493 e. The van der Waals surface area contributed by atoms with Crippen LogP contribution in [0.4, 0.5) is 0 Å². The fourth-order valence-electron chi connectivity index (χ4n) is 2.85. The Hall–Kier alpha value is -1.02. The second kappa shape index (κ2) is 6.79. The Labute approximate surface area is 111 Å². The van der Waals surface area contributed by atoms with E-state index in [1.54, 1.807) is 0 Å². The molecule has 2 nitrogen and oxygen atoms in total. The van der Waals surface area contributed by atoms with Gasteiger partial charge in [0.2, 0.25) is 0 Å². The van der Waals surface area contributed by atoms with Crippen molar-refractivity contribution in [3.05, 3.63) is 29.8 Å². The number of hydrogen-bond donors (Lipinski definition) is 1.